The fourth-order valence-corrected chi connectivity index (χ4v) is 3.75. The highest BCUT2D eigenvalue weighted by molar-refractivity contribution is 5.95. The highest BCUT2D eigenvalue weighted by Gasteiger charge is 2.23. The van der Waals surface area contributed by atoms with Gasteiger partial charge < -0.3 is 10.6 Å². The predicted octanol–water partition coefficient (Wildman–Crippen LogP) is 4.81. The highest BCUT2D eigenvalue weighted by atomic mass is 16.1. The molecule has 168 valence electrons. The molecule has 1 aliphatic rings. The normalized spacial score (nSPS) is 13.4. The lowest BCUT2D eigenvalue weighted by Crippen LogP contribution is -2.25. The van der Waals surface area contributed by atoms with Crippen LogP contribution in [-0.2, 0) is 0 Å². The second-order valence-electron chi connectivity index (χ2n) is 8.98. The molecule has 1 saturated carbocycles. The number of carbonyl (C=O) groups is 1. The summed E-state index contributed by atoms with van der Waals surface area (Å²) >= 11 is 0. The van der Waals surface area contributed by atoms with E-state index in [0.717, 1.165) is 59.8 Å². The first kappa shape index (κ1) is 21.1. The van der Waals surface area contributed by atoms with Crippen molar-refractivity contribution in [2.24, 2.45) is 5.92 Å². The van der Waals surface area contributed by atoms with Crippen molar-refractivity contribution in [2.45, 2.75) is 39.2 Å². The molecule has 7 nitrogen and oxygen atoms in total. The van der Waals surface area contributed by atoms with Crippen LogP contribution >= 0.6 is 0 Å². The maximum absolute atomic E-state index is 12.3. The Balaban J connectivity index is 1.51. The van der Waals surface area contributed by atoms with Crippen LogP contribution < -0.4 is 10.6 Å². The van der Waals surface area contributed by atoms with E-state index in [-0.39, 0.29) is 5.91 Å². The first-order valence-corrected chi connectivity index (χ1v) is 11.5. The lowest BCUT2D eigenvalue weighted by atomic mass is 10.1. The molecule has 0 bridgehead atoms. The molecule has 5 rings (SSSR count). The van der Waals surface area contributed by atoms with Crippen molar-refractivity contribution in [3.8, 4) is 22.5 Å². The average Bonchev–Trinajstić information content (AvgIpc) is 3.54. The van der Waals surface area contributed by atoms with Gasteiger partial charge in [-0.3, -0.25) is 14.2 Å². The summed E-state index contributed by atoms with van der Waals surface area (Å²) in [6, 6.07) is 12.0. The number of pyridine rings is 1. The van der Waals surface area contributed by atoms with E-state index in [0.29, 0.717) is 17.5 Å². The summed E-state index contributed by atoms with van der Waals surface area (Å²) in [7, 11) is 0. The second-order valence-corrected chi connectivity index (χ2v) is 8.98. The van der Waals surface area contributed by atoms with Crippen LogP contribution in [0, 0.1) is 5.92 Å². The van der Waals surface area contributed by atoms with Gasteiger partial charge in [-0.2, -0.15) is 0 Å². The van der Waals surface area contributed by atoms with Crippen molar-refractivity contribution in [1.29, 1.82) is 0 Å². The Morgan fingerprint density at radius 2 is 1.85 bits per heavy atom. The molecule has 0 radical (unpaired) electrons. The van der Waals surface area contributed by atoms with E-state index in [4.69, 9.17) is 4.98 Å². The highest BCUT2D eigenvalue weighted by Crippen LogP contribution is 2.28. The van der Waals surface area contributed by atoms with Crippen LogP contribution in [0.15, 0.2) is 61.2 Å². The number of rotatable bonds is 8. The molecule has 0 atom stereocenters. The Labute approximate surface area is 193 Å². The van der Waals surface area contributed by atoms with Crippen LogP contribution in [0.1, 0.15) is 43.5 Å². The largest absolute Gasteiger partial charge is 0.367 e. The maximum Gasteiger partial charge on any atom is 0.251 e. The van der Waals surface area contributed by atoms with Crippen molar-refractivity contribution in [1.82, 2.24) is 24.7 Å². The van der Waals surface area contributed by atoms with Crippen LogP contribution in [0.5, 0.6) is 0 Å². The third-order valence-electron chi connectivity index (χ3n) is 5.84. The van der Waals surface area contributed by atoms with Gasteiger partial charge in [-0.15, -0.1) is 0 Å². The van der Waals surface area contributed by atoms with E-state index in [2.05, 4.69) is 38.8 Å². The number of hydrogen-bond donors (Lipinski definition) is 2. The summed E-state index contributed by atoms with van der Waals surface area (Å²) in [6.07, 6.45) is 10.6. The molecular weight excluding hydrogens is 412 g/mol. The Hall–Kier alpha value is -3.74. The van der Waals surface area contributed by atoms with Gasteiger partial charge in [0.25, 0.3) is 5.91 Å². The molecule has 0 unspecified atom stereocenters. The van der Waals surface area contributed by atoms with Crippen LogP contribution in [0.3, 0.4) is 0 Å². The SMILES string of the molecule is CC(C)CCNc1nc(-c2ccncc2)cn2c(-c3ccc(C(=O)NC4CC4)cc3)cnc12. The van der Waals surface area contributed by atoms with E-state index >= 15 is 0 Å². The van der Waals surface area contributed by atoms with Crippen molar-refractivity contribution in [3.63, 3.8) is 0 Å². The van der Waals surface area contributed by atoms with E-state index in [1.807, 2.05) is 48.8 Å². The summed E-state index contributed by atoms with van der Waals surface area (Å²) < 4.78 is 2.07. The molecule has 0 spiro atoms. The van der Waals surface area contributed by atoms with Crippen molar-refractivity contribution < 1.29 is 4.79 Å². The standard InChI is InChI=1S/C26H28N6O/c1-17(2)9-14-28-24-25-29-15-23(32(25)16-22(31-24)18-10-12-27-13-11-18)19-3-5-20(6-4-19)26(33)30-21-7-8-21/h3-6,10-13,15-17,21H,7-9,14H2,1-2H3,(H,28,31)(H,30,33). The van der Waals surface area contributed by atoms with Crippen LogP contribution in [0.4, 0.5) is 5.82 Å². The summed E-state index contributed by atoms with van der Waals surface area (Å²) in [4.78, 5) is 26.0. The molecule has 1 aliphatic carbocycles. The van der Waals surface area contributed by atoms with Gasteiger partial charge in [-0.25, -0.2) is 9.97 Å². The van der Waals surface area contributed by atoms with Gasteiger partial charge in [-0.1, -0.05) is 26.0 Å². The number of carbonyl (C=O) groups excluding carboxylic acids is 1. The van der Waals surface area contributed by atoms with Crippen molar-refractivity contribution in [2.75, 3.05) is 11.9 Å². The molecule has 1 amide bonds. The molecule has 1 aromatic carbocycles. The quantitative estimate of drug-likeness (QED) is 0.411. The Bertz CT molecular complexity index is 1260. The zero-order chi connectivity index (χ0) is 22.8. The third-order valence-corrected chi connectivity index (χ3v) is 5.84. The maximum atomic E-state index is 12.3. The summed E-state index contributed by atoms with van der Waals surface area (Å²) in [5.74, 6) is 1.35. The zero-order valence-electron chi connectivity index (χ0n) is 19.0. The van der Waals surface area contributed by atoms with Crippen LogP contribution in [0.2, 0.25) is 0 Å². The Kier molecular flexibility index (Phi) is 5.77. The van der Waals surface area contributed by atoms with E-state index in [1.165, 1.54) is 0 Å². The average molecular weight is 441 g/mol. The monoisotopic (exact) mass is 440 g/mol. The molecular formula is C26H28N6O. The van der Waals surface area contributed by atoms with Crippen LogP contribution in [-0.4, -0.2) is 37.8 Å². The molecule has 7 heteroatoms. The number of imidazole rings is 1. The molecule has 1 fully saturated rings. The third kappa shape index (κ3) is 4.72. The van der Waals surface area contributed by atoms with Gasteiger partial charge in [0.15, 0.2) is 11.5 Å². The second kappa shape index (κ2) is 9.02. The minimum atomic E-state index is -0.0111. The topological polar surface area (TPSA) is 84.2 Å². The minimum Gasteiger partial charge on any atom is -0.367 e. The molecule has 33 heavy (non-hydrogen) atoms. The fraction of sp³-hybridized carbons (Fsp3) is 0.308. The lowest BCUT2D eigenvalue weighted by Gasteiger charge is -2.12. The zero-order valence-corrected chi connectivity index (χ0v) is 19.0. The molecule has 3 heterocycles. The first-order chi connectivity index (χ1) is 16.1. The fourth-order valence-electron chi connectivity index (χ4n) is 3.75. The number of anilines is 1. The molecule has 2 N–H and O–H groups in total. The number of fused-ring (bicyclic) bond motifs is 1. The minimum absolute atomic E-state index is 0.0111. The van der Waals surface area contributed by atoms with Gasteiger partial charge in [0.1, 0.15) is 0 Å². The first-order valence-electron chi connectivity index (χ1n) is 11.5. The van der Waals surface area contributed by atoms with Gasteiger partial charge in [0.05, 0.1) is 17.6 Å². The van der Waals surface area contributed by atoms with Crippen molar-refractivity contribution >= 4 is 17.4 Å². The number of nitrogens with zero attached hydrogens (tertiary/aromatic N) is 4. The van der Waals surface area contributed by atoms with E-state index in [1.54, 1.807) is 12.4 Å². The summed E-state index contributed by atoms with van der Waals surface area (Å²) in [6.45, 7) is 5.24. The Morgan fingerprint density at radius 3 is 2.55 bits per heavy atom. The van der Waals surface area contributed by atoms with E-state index < -0.39 is 0 Å². The van der Waals surface area contributed by atoms with E-state index in [9.17, 15) is 4.79 Å². The number of benzene rings is 1. The number of aromatic nitrogens is 4. The molecule has 0 saturated heterocycles. The molecule has 3 aromatic heterocycles. The number of nitrogens with one attached hydrogen (secondary N) is 2. The van der Waals surface area contributed by atoms with Crippen molar-refractivity contribution in [3.05, 3.63) is 66.7 Å². The van der Waals surface area contributed by atoms with Crippen LogP contribution in [0.25, 0.3) is 28.2 Å². The van der Waals surface area contributed by atoms with Gasteiger partial charge >= 0.3 is 0 Å². The predicted molar refractivity (Wildman–Crippen MR) is 130 cm³/mol. The van der Waals surface area contributed by atoms with Gasteiger partial charge in [-0.05, 0) is 49.4 Å². The van der Waals surface area contributed by atoms with Gasteiger partial charge in [0.2, 0.25) is 0 Å². The lowest BCUT2D eigenvalue weighted by molar-refractivity contribution is 0.0951. The summed E-state index contributed by atoms with van der Waals surface area (Å²) in [5.41, 5.74) is 5.23. The number of hydrogen-bond acceptors (Lipinski definition) is 5. The summed E-state index contributed by atoms with van der Waals surface area (Å²) in [5, 5.41) is 6.52. The molecule has 0 aliphatic heterocycles. The number of amides is 1. The Morgan fingerprint density at radius 1 is 1.09 bits per heavy atom. The van der Waals surface area contributed by atoms with Gasteiger partial charge in [0, 0.05) is 47.9 Å². The molecule has 4 aromatic rings. The smallest absolute Gasteiger partial charge is 0.251 e.